The van der Waals surface area contributed by atoms with Crippen LogP contribution in [0.1, 0.15) is 32.7 Å². The number of anilines is 2. The molecule has 0 spiro atoms. The van der Waals surface area contributed by atoms with Gasteiger partial charge in [0, 0.05) is 5.69 Å². The second-order valence-electron chi connectivity index (χ2n) is 4.71. The highest BCUT2D eigenvalue weighted by Crippen LogP contribution is 2.23. The quantitative estimate of drug-likeness (QED) is 0.898. The van der Waals surface area contributed by atoms with Gasteiger partial charge in [0.2, 0.25) is 0 Å². The molecule has 0 radical (unpaired) electrons. The number of nitriles is 1. The standard InChI is InChI=1S/C15H14N4O2/c1-8-6-11(4-5-12(8)15(20)21)17-14-13(7-16)9(2)10(3)18-19-14/h4-6H,1-3H3,(H,17,19)(H,20,21). The number of aromatic carboxylic acids is 1. The number of benzene rings is 1. The molecule has 1 aromatic carbocycles. The van der Waals surface area contributed by atoms with Gasteiger partial charge in [-0.15, -0.1) is 5.10 Å². The minimum atomic E-state index is -0.970. The molecule has 0 saturated carbocycles. The molecule has 0 aliphatic carbocycles. The Morgan fingerprint density at radius 2 is 2.00 bits per heavy atom. The normalized spacial score (nSPS) is 10.0. The molecular formula is C15H14N4O2. The largest absolute Gasteiger partial charge is 0.478 e. The Morgan fingerprint density at radius 3 is 2.57 bits per heavy atom. The molecule has 106 valence electrons. The van der Waals surface area contributed by atoms with Gasteiger partial charge in [0.1, 0.15) is 11.6 Å². The van der Waals surface area contributed by atoms with Gasteiger partial charge in [0.15, 0.2) is 5.82 Å². The number of nitrogens with one attached hydrogen (secondary N) is 1. The van der Waals surface area contributed by atoms with Gasteiger partial charge >= 0.3 is 5.97 Å². The Bertz CT molecular complexity index is 763. The third-order valence-corrected chi connectivity index (χ3v) is 3.29. The smallest absolute Gasteiger partial charge is 0.335 e. The maximum Gasteiger partial charge on any atom is 0.335 e. The lowest BCUT2D eigenvalue weighted by Gasteiger charge is -2.11. The van der Waals surface area contributed by atoms with Gasteiger partial charge in [-0.25, -0.2) is 4.79 Å². The van der Waals surface area contributed by atoms with E-state index in [1.807, 2.05) is 6.92 Å². The van der Waals surface area contributed by atoms with Gasteiger partial charge in [-0.3, -0.25) is 0 Å². The highest BCUT2D eigenvalue weighted by atomic mass is 16.4. The molecule has 2 rings (SSSR count). The summed E-state index contributed by atoms with van der Waals surface area (Å²) in [7, 11) is 0. The van der Waals surface area contributed by atoms with Crippen LogP contribution in [-0.4, -0.2) is 21.3 Å². The van der Waals surface area contributed by atoms with E-state index < -0.39 is 5.97 Å². The summed E-state index contributed by atoms with van der Waals surface area (Å²) in [6.07, 6.45) is 0. The third-order valence-electron chi connectivity index (χ3n) is 3.29. The highest BCUT2D eigenvalue weighted by molar-refractivity contribution is 5.90. The zero-order valence-corrected chi connectivity index (χ0v) is 11.9. The summed E-state index contributed by atoms with van der Waals surface area (Å²) in [6, 6.07) is 6.95. The van der Waals surface area contributed by atoms with Crippen molar-refractivity contribution < 1.29 is 9.90 Å². The molecule has 1 aromatic heterocycles. The Labute approximate surface area is 122 Å². The van der Waals surface area contributed by atoms with Crippen LogP contribution in [0.25, 0.3) is 0 Å². The van der Waals surface area contributed by atoms with Crippen molar-refractivity contribution in [3.8, 4) is 6.07 Å². The topological polar surface area (TPSA) is 98.9 Å². The first-order valence-electron chi connectivity index (χ1n) is 6.29. The van der Waals surface area contributed by atoms with Gasteiger partial charge in [0.25, 0.3) is 0 Å². The Balaban J connectivity index is 2.40. The maximum atomic E-state index is 11.0. The van der Waals surface area contributed by atoms with Crippen LogP contribution in [0.4, 0.5) is 11.5 Å². The van der Waals surface area contributed by atoms with E-state index in [0.717, 1.165) is 5.56 Å². The summed E-state index contributed by atoms with van der Waals surface area (Å²) in [5, 5.41) is 29.2. The number of aromatic nitrogens is 2. The maximum absolute atomic E-state index is 11.0. The van der Waals surface area contributed by atoms with Crippen molar-refractivity contribution in [1.82, 2.24) is 10.2 Å². The van der Waals surface area contributed by atoms with E-state index >= 15 is 0 Å². The van der Waals surface area contributed by atoms with Crippen LogP contribution in [0.2, 0.25) is 0 Å². The fourth-order valence-electron chi connectivity index (χ4n) is 1.95. The number of rotatable bonds is 3. The number of aryl methyl sites for hydroxylation is 2. The van der Waals surface area contributed by atoms with E-state index in [4.69, 9.17) is 5.11 Å². The van der Waals surface area contributed by atoms with E-state index in [1.54, 1.807) is 26.0 Å². The number of carboxylic acids is 1. The van der Waals surface area contributed by atoms with E-state index in [2.05, 4.69) is 21.6 Å². The molecule has 0 aliphatic rings. The van der Waals surface area contributed by atoms with E-state index in [0.29, 0.717) is 28.3 Å². The molecule has 6 nitrogen and oxygen atoms in total. The number of hydrogen-bond donors (Lipinski definition) is 2. The first kappa shape index (κ1) is 14.5. The molecule has 0 fully saturated rings. The molecule has 6 heteroatoms. The van der Waals surface area contributed by atoms with Crippen molar-refractivity contribution in [3.63, 3.8) is 0 Å². The minimum Gasteiger partial charge on any atom is -0.478 e. The van der Waals surface area contributed by atoms with Crippen LogP contribution in [-0.2, 0) is 0 Å². The summed E-state index contributed by atoms with van der Waals surface area (Å²) >= 11 is 0. The summed E-state index contributed by atoms with van der Waals surface area (Å²) in [4.78, 5) is 11.0. The second-order valence-corrected chi connectivity index (χ2v) is 4.71. The molecule has 1 heterocycles. The predicted octanol–water partition coefficient (Wildman–Crippen LogP) is 2.72. The third kappa shape index (κ3) is 2.82. The van der Waals surface area contributed by atoms with Crippen molar-refractivity contribution >= 4 is 17.5 Å². The Morgan fingerprint density at radius 1 is 1.29 bits per heavy atom. The lowest BCUT2D eigenvalue weighted by atomic mass is 10.1. The van der Waals surface area contributed by atoms with Crippen molar-refractivity contribution in [1.29, 1.82) is 5.26 Å². The van der Waals surface area contributed by atoms with Crippen molar-refractivity contribution in [2.75, 3.05) is 5.32 Å². The van der Waals surface area contributed by atoms with Crippen LogP contribution in [0.5, 0.6) is 0 Å². The van der Waals surface area contributed by atoms with E-state index in [-0.39, 0.29) is 5.56 Å². The van der Waals surface area contributed by atoms with Gasteiger partial charge in [-0.2, -0.15) is 10.4 Å². The molecule has 21 heavy (non-hydrogen) atoms. The van der Waals surface area contributed by atoms with E-state index in [9.17, 15) is 10.1 Å². The van der Waals surface area contributed by atoms with Crippen molar-refractivity contribution in [3.05, 3.63) is 46.1 Å². The monoisotopic (exact) mass is 282 g/mol. The summed E-state index contributed by atoms with van der Waals surface area (Å²) < 4.78 is 0. The molecule has 0 aliphatic heterocycles. The molecular weight excluding hydrogens is 268 g/mol. The Kier molecular flexibility index (Phi) is 3.85. The van der Waals surface area contributed by atoms with Gasteiger partial charge in [-0.1, -0.05) is 0 Å². The molecule has 0 atom stereocenters. The summed E-state index contributed by atoms with van der Waals surface area (Å²) in [6.45, 7) is 5.32. The molecule has 0 bridgehead atoms. The van der Waals surface area contributed by atoms with Crippen LogP contribution in [0, 0.1) is 32.1 Å². The van der Waals surface area contributed by atoms with Crippen LogP contribution >= 0.6 is 0 Å². The number of carbonyl (C=O) groups is 1. The van der Waals surface area contributed by atoms with Crippen molar-refractivity contribution in [2.24, 2.45) is 0 Å². The molecule has 2 N–H and O–H groups in total. The molecule has 0 saturated heterocycles. The highest BCUT2D eigenvalue weighted by Gasteiger charge is 2.12. The molecule has 0 amide bonds. The van der Waals surface area contributed by atoms with Crippen molar-refractivity contribution in [2.45, 2.75) is 20.8 Å². The molecule has 0 unspecified atom stereocenters. The zero-order valence-electron chi connectivity index (χ0n) is 11.9. The SMILES string of the molecule is Cc1cc(Nc2nnc(C)c(C)c2C#N)ccc1C(=O)O. The van der Waals surface area contributed by atoms with Gasteiger partial charge in [-0.05, 0) is 50.1 Å². The fourth-order valence-corrected chi connectivity index (χ4v) is 1.95. The molecule has 2 aromatic rings. The van der Waals surface area contributed by atoms with Crippen LogP contribution in [0.15, 0.2) is 18.2 Å². The summed E-state index contributed by atoms with van der Waals surface area (Å²) in [5.74, 6) is -0.606. The number of nitrogens with zero attached hydrogens (tertiary/aromatic N) is 3. The summed E-state index contributed by atoms with van der Waals surface area (Å²) in [5.41, 5.74) is 3.44. The van der Waals surface area contributed by atoms with Gasteiger partial charge in [0.05, 0.1) is 11.3 Å². The lowest BCUT2D eigenvalue weighted by Crippen LogP contribution is -2.05. The average molecular weight is 282 g/mol. The fraction of sp³-hybridized carbons (Fsp3) is 0.200. The van der Waals surface area contributed by atoms with Gasteiger partial charge < -0.3 is 10.4 Å². The lowest BCUT2D eigenvalue weighted by molar-refractivity contribution is 0.0696. The predicted molar refractivity (Wildman–Crippen MR) is 77.6 cm³/mol. The minimum absolute atomic E-state index is 0.243. The second kappa shape index (κ2) is 5.59. The first-order chi connectivity index (χ1) is 9.93. The Hall–Kier alpha value is -2.94. The van der Waals surface area contributed by atoms with E-state index in [1.165, 1.54) is 6.07 Å². The van der Waals surface area contributed by atoms with Crippen LogP contribution in [0.3, 0.4) is 0 Å². The zero-order chi connectivity index (χ0) is 15.6. The number of hydrogen-bond acceptors (Lipinski definition) is 5. The first-order valence-corrected chi connectivity index (χ1v) is 6.29. The number of carboxylic acid groups (broad SMARTS) is 1. The average Bonchev–Trinajstić information content (AvgIpc) is 2.43. The van der Waals surface area contributed by atoms with Crippen LogP contribution < -0.4 is 5.32 Å².